The van der Waals surface area contributed by atoms with Crippen LogP contribution in [-0.2, 0) is 10.1 Å². The first kappa shape index (κ1) is 12.8. The predicted molar refractivity (Wildman–Crippen MR) is 71.2 cm³/mol. The number of aryl methyl sites for hydroxylation is 2. The van der Waals surface area contributed by atoms with Gasteiger partial charge in [-0.25, -0.2) is 0 Å². The van der Waals surface area contributed by atoms with E-state index in [-0.39, 0.29) is 4.90 Å². The van der Waals surface area contributed by atoms with Gasteiger partial charge in [0.15, 0.2) is 0 Å². The highest BCUT2D eigenvalue weighted by Gasteiger charge is 2.12. The highest BCUT2D eigenvalue weighted by molar-refractivity contribution is 7.85. The standard InChI is InChI=1S/C14H14O3S/c1-10-3-6-12(7-4-10)14-9-13(18(15,16)17)8-5-11(14)2/h3-9H,1-2H3,(H,15,16,17). The molecule has 18 heavy (non-hydrogen) atoms. The van der Waals surface area contributed by atoms with Crippen LogP contribution in [0.15, 0.2) is 47.4 Å². The maximum Gasteiger partial charge on any atom is 0.294 e. The van der Waals surface area contributed by atoms with Crippen LogP contribution in [0.3, 0.4) is 0 Å². The fourth-order valence-corrected chi connectivity index (χ4v) is 2.31. The molecule has 0 aliphatic rings. The molecule has 0 aliphatic carbocycles. The van der Waals surface area contributed by atoms with E-state index in [9.17, 15) is 8.42 Å². The van der Waals surface area contributed by atoms with Crippen molar-refractivity contribution in [3.63, 3.8) is 0 Å². The lowest BCUT2D eigenvalue weighted by Gasteiger charge is -2.08. The van der Waals surface area contributed by atoms with E-state index in [1.54, 1.807) is 6.07 Å². The fourth-order valence-electron chi connectivity index (χ4n) is 1.81. The van der Waals surface area contributed by atoms with Gasteiger partial charge in [0.25, 0.3) is 10.1 Å². The summed E-state index contributed by atoms with van der Waals surface area (Å²) in [6.45, 7) is 3.90. The number of rotatable bonds is 2. The maximum absolute atomic E-state index is 11.1. The Balaban J connectivity index is 2.60. The van der Waals surface area contributed by atoms with Crippen LogP contribution in [-0.4, -0.2) is 13.0 Å². The van der Waals surface area contributed by atoms with Crippen LogP contribution in [0.5, 0.6) is 0 Å². The molecule has 3 nitrogen and oxygen atoms in total. The highest BCUT2D eigenvalue weighted by Crippen LogP contribution is 2.26. The van der Waals surface area contributed by atoms with E-state index < -0.39 is 10.1 Å². The van der Waals surface area contributed by atoms with Crippen molar-refractivity contribution in [3.05, 3.63) is 53.6 Å². The topological polar surface area (TPSA) is 54.4 Å². The van der Waals surface area contributed by atoms with E-state index in [1.807, 2.05) is 38.1 Å². The van der Waals surface area contributed by atoms with Gasteiger partial charge >= 0.3 is 0 Å². The second-order valence-corrected chi connectivity index (χ2v) is 5.74. The van der Waals surface area contributed by atoms with Crippen molar-refractivity contribution in [2.45, 2.75) is 18.7 Å². The van der Waals surface area contributed by atoms with Crippen molar-refractivity contribution in [3.8, 4) is 11.1 Å². The Hall–Kier alpha value is -1.65. The molecule has 0 radical (unpaired) electrons. The minimum Gasteiger partial charge on any atom is -0.282 e. The van der Waals surface area contributed by atoms with E-state index in [2.05, 4.69) is 0 Å². The second-order valence-electron chi connectivity index (χ2n) is 4.32. The minimum absolute atomic E-state index is 0.0799. The maximum atomic E-state index is 11.1. The molecule has 2 rings (SSSR count). The lowest BCUT2D eigenvalue weighted by molar-refractivity contribution is 0.483. The van der Waals surface area contributed by atoms with Crippen molar-refractivity contribution in [1.29, 1.82) is 0 Å². The van der Waals surface area contributed by atoms with Crippen LogP contribution < -0.4 is 0 Å². The average Bonchev–Trinajstić information content (AvgIpc) is 2.29. The molecule has 0 amide bonds. The molecule has 0 saturated heterocycles. The van der Waals surface area contributed by atoms with E-state index in [1.165, 1.54) is 12.1 Å². The average molecular weight is 262 g/mol. The van der Waals surface area contributed by atoms with Crippen LogP contribution in [0.4, 0.5) is 0 Å². The Morgan fingerprint density at radius 3 is 2.11 bits per heavy atom. The number of hydrogen-bond donors (Lipinski definition) is 1. The summed E-state index contributed by atoms with van der Waals surface area (Å²) in [6, 6.07) is 12.4. The van der Waals surface area contributed by atoms with Gasteiger partial charge in [0.05, 0.1) is 4.90 Å². The first-order chi connectivity index (χ1) is 8.38. The van der Waals surface area contributed by atoms with Crippen LogP contribution in [0, 0.1) is 13.8 Å². The van der Waals surface area contributed by atoms with Gasteiger partial charge in [-0.2, -0.15) is 8.42 Å². The summed E-state index contributed by atoms with van der Waals surface area (Å²) >= 11 is 0. The first-order valence-corrected chi connectivity index (χ1v) is 6.97. The summed E-state index contributed by atoms with van der Waals surface area (Å²) in [5.41, 5.74) is 3.85. The molecule has 2 aromatic carbocycles. The van der Waals surface area contributed by atoms with Gasteiger partial charge in [-0.05, 0) is 42.7 Å². The lowest BCUT2D eigenvalue weighted by atomic mass is 10.00. The van der Waals surface area contributed by atoms with Gasteiger partial charge in [-0.3, -0.25) is 4.55 Å². The Kier molecular flexibility index (Phi) is 3.24. The molecule has 0 unspecified atom stereocenters. The smallest absolute Gasteiger partial charge is 0.282 e. The highest BCUT2D eigenvalue weighted by atomic mass is 32.2. The van der Waals surface area contributed by atoms with Crippen LogP contribution in [0.25, 0.3) is 11.1 Å². The molecule has 4 heteroatoms. The summed E-state index contributed by atoms with van der Waals surface area (Å²) in [6.07, 6.45) is 0. The normalized spacial score (nSPS) is 11.5. The van der Waals surface area contributed by atoms with Crippen LogP contribution in [0.1, 0.15) is 11.1 Å². The van der Waals surface area contributed by atoms with Gasteiger partial charge in [0, 0.05) is 0 Å². The van der Waals surface area contributed by atoms with Crippen molar-refractivity contribution in [1.82, 2.24) is 0 Å². The Bertz CT molecular complexity index is 671. The monoisotopic (exact) mass is 262 g/mol. The fraction of sp³-hybridized carbons (Fsp3) is 0.143. The van der Waals surface area contributed by atoms with Gasteiger partial charge in [-0.1, -0.05) is 35.9 Å². The Labute approximate surface area is 107 Å². The van der Waals surface area contributed by atoms with Crippen molar-refractivity contribution in [2.24, 2.45) is 0 Å². The SMILES string of the molecule is Cc1ccc(-c2cc(S(=O)(=O)O)ccc2C)cc1. The van der Waals surface area contributed by atoms with Crippen molar-refractivity contribution >= 4 is 10.1 Å². The second kappa shape index (κ2) is 4.55. The summed E-state index contributed by atoms with van der Waals surface area (Å²) in [4.78, 5) is -0.0799. The molecule has 94 valence electrons. The van der Waals surface area contributed by atoms with E-state index in [4.69, 9.17) is 4.55 Å². The third kappa shape index (κ3) is 2.60. The van der Waals surface area contributed by atoms with Crippen LogP contribution >= 0.6 is 0 Å². The summed E-state index contributed by atoms with van der Waals surface area (Å²) in [7, 11) is -4.16. The predicted octanol–water partition coefficient (Wildman–Crippen LogP) is 3.22. The molecule has 0 atom stereocenters. The number of hydrogen-bond acceptors (Lipinski definition) is 2. The van der Waals surface area contributed by atoms with Crippen molar-refractivity contribution in [2.75, 3.05) is 0 Å². The zero-order chi connectivity index (χ0) is 13.3. The molecule has 0 aromatic heterocycles. The van der Waals surface area contributed by atoms with Crippen molar-refractivity contribution < 1.29 is 13.0 Å². The minimum atomic E-state index is -4.16. The molecule has 0 fully saturated rings. The molecular weight excluding hydrogens is 248 g/mol. The first-order valence-electron chi connectivity index (χ1n) is 5.53. The molecule has 0 spiro atoms. The molecule has 1 N–H and O–H groups in total. The summed E-state index contributed by atoms with van der Waals surface area (Å²) in [5.74, 6) is 0. The van der Waals surface area contributed by atoms with Gasteiger partial charge < -0.3 is 0 Å². The van der Waals surface area contributed by atoms with E-state index in [0.717, 1.165) is 22.3 Å². The Morgan fingerprint density at radius 2 is 1.56 bits per heavy atom. The van der Waals surface area contributed by atoms with Gasteiger partial charge in [0.2, 0.25) is 0 Å². The molecular formula is C14H14O3S. The number of benzene rings is 2. The quantitative estimate of drug-likeness (QED) is 0.845. The third-order valence-electron chi connectivity index (χ3n) is 2.87. The van der Waals surface area contributed by atoms with E-state index >= 15 is 0 Å². The summed E-state index contributed by atoms with van der Waals surface area (Å²) in [5, 5.41) is 0. The molecule has 0 heterocycles. The molecule has 0 bridgehead atoms. The zero-order valence-corrected chi connectivity index (χ0v) is 11.0. The largest absolute Gasteiger partial charge is 0.294 e. The van der Waals surface area contributed by atoms with Gasteiger partial charge in [-0.15, -0.1) is 0 Å². The Morgan fingerprint density at radius 1 is 0.944 bits per heavy atom. The third-order valence-corrected chi connectivity index (χ3v) is 3.72. The molecule has 2 aromatic rings. The van der Waals surface area contributed by atoms with E-state index in [0.29, 0.717) is 0 Å². The van der Waals surface area contributed by atoms with Gasteiger partial charge in [0.1, 0.15) is 0 Å². The molecule has 0 aliphatic heterocycles. The lowest BCUT2D eigenvalue weighted by Crippen LogP contribution is -1.98. The molecule has 0 saturated carbocycles. The van der Waals surface area contributed by atoms with Crippen LogP contribution in [0.2, 0.25) is 0 Å². The summed E-state index contributed by atoms with van der Waals surface area (Å²) < 4.78 is 31.3. The zero-order valence-electron chi connectivity index (χ0n) is 10.2.